The third-order valence-electron chi connectivity index (χ3n) is 3.91. The molecule has 0 fully saturated rings. The molecule has 0 rings (SSSR count). The molecule has 0 saturated carbocycles. The fourth-order valence-electron chi connectivity index (χ4n) is 2.53. The van der Waals surface area contributed by atoms with Crippen LogP contribution in [0, 0.1) is 0 Å². The number of aliphatic hydroxyl groups excluding tert-OH is 3. The van der Waals surface area contributed by atoms with Crippen molar-refractivity contribution in [1.29, 1.82) is 0 Å². The van der Waals surface area contributed by atoms with Crippen LogP contribution in [0.25, 0.3) is 0 Å². The lowest BCUT2D eigenvalue weighted by molar-refractivity contribution is 0.0860. The summed E-state index contributed by atoms with van der Waals surface area (Å²) in [7, 11) is 0. The average Bonchev–Trinajstić information content (AvgIpc) is 2.47. The summed E-state index contributed by atoms with van der Waals surface area (Å²) in [5, 5.41) is 26.5. The third-order valence-corrected chi connectivity index (χ3v) is 3.91. The highest BCUT2D eigenvalue weighted by atomic mass is 16.3. The minimum Gasteiger partial charge on any atom is -0.396 e. The predicted octanol–water partition coefficient (Wildman–Crippen LogP) is 3.79. The normalized spacial score (nSPS) is 12.8. The minimum atomic E-state index is -0.507. The zero-order valence-electron chi connectivity index (χ0n) is 13.2. The number of hydrogen-bond acceptors (Lipinski definition) is 3. The van der Waals surface area contributed by atoms with E-state index < -0.39 is 6.10 Å². The summed E-state index contributed by atoms with van der Waals surface area (Å²) >= 11 is 0. The van der Waals surface area contributed by atoms with Crippen LogP contribution >= 0.6 is 0 Å². The summed E-state index contributed by atoms with van der Waals surface area (Å²) in [4.78, 5) is 0. The second kappa shape index (κ2) is 16.9. The first-order chi connectivity index (χ1) is 9.81. The van der Waals surface area contributed by atoms with Gasteiger partial charge in [0, 0.05) is 6.61 Å². The van der Waals surface area contributed by atoms with E-state index >= 15 is 0 Å². The van der Waals surface area contributed by atoms with Gasteiger partial charge >= 0.3 is 0 Å². The van der Waals surface area contributed by atoms with Crippen LogP contribution in [0.4, 0.5) is 0 Å². The van der Waals surface area contributed by atoms with Gasteiger partial charge in [-0.05, 0) is 12.8 Å². The van der Waals surface area contributed by atoms with Crippen LogP contribution in [-0.4, -0.2) is 34.6 Å². The topological polar surface area (TPSA) is 60.7 Å². The molecular formula is C17H36O3. The summed E-state index contributed by atoms with van der Waals surface area (Å²) in [5.41, 5.74) is 0. The van der Waals surface area contributed by atoms with Gasteiger partial charge in [-0.25, -0.2) is 0 Å². The number of aliphatic hydroxyl groups is 3. The Morgan fingerprint density at radius 2 is 0.850 bits per heavy atom. The molecule has 0 spiro atoms. The summed E-state index contributed by atoms with van der Waals surface area (Å²) in [6.45, 7) is 0.249. The van der Waals surface area contributed by atoms with E-state index in [0.29, 0.717) is 6.61 Å². The molecule has 0 heterocycles. The van der Waals surface area contributed by atoms with Crippen LogP contribution in [0.5, 0.6) is 0 Å². The molecule has 0 saturated heterocycles. The first-order valence-electron chi connectivity index (χ1n) is 8.71. The monoisotopic (exact) mass is 288 g/mol. The van der Waals surface area contributed by atoms with E-state index in [0.717, 1.165) is 19.3 Å². The second-order valence-corrected chi connectivity index (χ2v) is 5.94. The van der Waals surface area contributed by atoms with E-state index in [9.17, 15) is 5.11 Å². The molecule has 1 unspecified atom stereocenters. The Hall–Kier alpha value is -0.120. The van der Waals surface area contributed by atoms with Crippen molar-refractivity contribution >= 4 is 0 Å². The molecule has 0 aromatic rings. The Labute approximate surface area is 125 Å². The van der Waals surface area contributed by atoms with Crippen LogP contribution in [0.1, 0.15) is 89.9 Å². The van der Waals surface area contributed by atoms with Crippen LogP contribution in [0.15, 0.2) is 0 Å². The van der Waals surface area contributed by atoms with E-state index in [1.807, 2.05) is 0 Å². The largest absolute Gasteiger partial charge is 0.396 e. The first kappa shape index (κ1) is 19.9. The van der Waals surface area contributed by atoms with E-state index in [4.69, 9.17) is 10.2 Å². The molecule has 3 N–H and O–H groups in total. The van der Waals surface area contributed by atoms with Gasteiger partial charge < -0.3 is 15.3 Å². The maximum Gasteiger partial charge on any atom is 0.0770 e. The van der Waals surface area contributed by atoms with Gasteiger partial charge in [-0.2, -0.15) is 0 Å². The van der Waals surface area contributed by atoms with E-state index in [2.05, 4.69) is 0 Å². The standard InChI is InChI=1S/C17H36O3/c18-15-13-11-9-7-5-3-1-2-4-6-8-10-12-14-17(20)16-19/h17-20H,1-16H2. The zero-order valence-corrected chi connectivity index (χ0v) is 13.2. The highest BCUT2D eigenvalue weighted by molar-refractivity contribution is 4.54. The Balaban J connectivity index is 2.96. The lowest BCUT2D eigenvalue weighted by Gasteiger charge is -2.06. The molecule has 122 valence electrons. The molecule has 20 heavy (non-hydrogen) atoms. The lowest BCUT2D eigenvalue weighted by atomic mass is 10.0. The predicted molar refractivity (Wildman–Crippen MR) is 84.8 cm³/mol. The summed E-state index contributed by atoms with van der Waals surface area (Å²) < 4.78 is 0. The molecular weight excluding hydrogens is 252 g/mol. The van der Waals surface area contributed by atoms with E-state index in [1.165, 1.54) is 70.6 Å². The Bertz CT molecular complexity index is 174. The lowest BCUT2D eigenvalue weighted by Crippen LogP contribution is -2.10. The van der Waals surface area contributed by atoms with Gasteiger partial charge in [0.25, 0.3) is 0 Å². The van der Waals surface area contributed by atoms with Crippen molar-refractivity contribution in [3.63, 3.8) is 0 Å². The Morgan fingerprint density at radius 1 is 0.500 bits per heavy atom. The van der Waals surface area contributed by atoms with Crippen molar-refractivity contribution in [3.05, 3.63) is 0 Å². The van der Waals surface area contributed by atoms with Crippen LogP contribution < -0.4 is 0 Å². The first-order valence-corrected chi connectivity index (χ1v) is 8.71. The molecule has 3 heteroatoms. The van der Waals surface area contributed by atoms with Crippen molar-refractivity contribution in [2.75, 3.05) is 13.2 Å². The maximum absolute atomic E-state index is 9.19. The molecule has 0 amide bonds. The summed E-state index contributed by atoms with van der Waals surface area (Å²) in [5.74, 6) is 0. The summed E-state index contributed by atoms with van der Waals surface area (Å²) in [6, 6.07) is 0. The van der Waals surface area contributed by atoms with E-state index in [-0.39, 0.29) is 6.61 Å². The smallest absolute Gasteiger partial charge is 0.0770 e. The van der Waals surface area contributed by atoms with Gasteiger partial charge in [0.15, 0.2) is 0 Å². The average molecular weight is 288 g/mol. The van der Waals surface area contributed by atoms with Crippen molar-refractivity contribution < 1.29 is 15.3 Å². The second-order valence-electron chi connectivity index (χ2n) is 5.94. The SMILES string of the molecule is OCCCCCCCCCCCCCCCC(O)CO. The molecule has 0 bridgehead atoms. The molecule has 1 atom stereocenters. The van der Waals surface area contributed by atoms with Crippen molar-refractivity contribution in [3.8, 4) is 0 Å². The highest BCUT2D eigenvalue weighted by Crippen LogP contribution is 2.13. The molecule has 0 aromatic heterocycles. The molecule has 3 nitrogen and oxygen atoms in total. The maximum atomic E-state index is 9.19. The van der Waals surface area contributed by atoms with Crippen molar-refractivity contribution in [2.45, 2.75) is 96.0 Å². The quantitative estimate of drug-likeness (QED) is 0.379. The zero-order chi connectivity index (χ0) is 14.9. The Kier molecular flexibility index (Phi) is 16.8. The van der Waals surface area contributed by atoms with Crippen LogP contribution in [0.2, 0.25) is 0 Å². The van der Waals surface area contributed by atoms with Gasteiger partial charge in [0.1, 0.15) is 0 Å². The fraction of sp³-hybridized carbons (Fsp3) is 1.00. The van der Waals surface area contributed by atoms with Gasteiger partial charge in [0.05, 0.1) is 12.7 Å². The van der Waals surface area contributed by atoms with Gasteiger partial charge in [-0.15, -0.1) is 0 Å². The van der Waals surface area contributed by atoms with Crippen molar-refractivity contribution in [1.82, 2.24) is 0 Å². The molecule has 0 aliphatic rings. The third kappa shape index (κ3) is 15.9. The van der Waals surface area contributed by atoms with E-state index in [1.54, 1.807) is 0 Å². The molecule has 0 aliphatic carbocycles. The number of rotatable bonds is 16. The molecule has 0 aliphatic heterocycles. The van der Waals surface area contributed by atoms with Gasteiger partial charge in [-0.1, -0.05) is 77.0 Å². The number of unbranched alkanes of at least 4 members (excludes halogenated alkanes) is 12. The van der Waals surface area contributed by atoms with Gasteiger partial charge in [0.2, 0.25) is 0 Å². The van der Waals surface area contributed by atoms with Gasteiger partial charge in [-0.3, -0.25) is 0 Å². The minimum absolute atomic E-state index is 0.0972. The fourth-order valence-corrected chi connectivity index (χ4v) is 2.53. The molecule has 0 radical (unpaired) electrons. The van der Waals surface area contributed by atoms with Crippen LogP contribution in [-0.2, 0) is 0 Å². The summed E-state index contributed by atoms with van der Waals surface area (Å²) in [6.07, 6.45) is 16.6. The van der Waals surface area contributed by atoms with Crippen molar-refractivity contribution in [2.24, 2.45) is 0 Å². The molecule has 0 aromatic carbocycles. The van der Waals surface area contributed by atoms with Crippen LogP contribution in [0.3, 0.4) is 0 Å². The Morgan fingerprint density at radius 3 is 1.20 bits per heavy atom. The highest BCUT2D eigenvalue weighted by Gasteiger charge is 2.00. The number of hydrogen-bond donors (Lipinski definition) is 3.